The van der Waals surface area contributed by atoms with Crippen LogP contribution in [-0.4, -0.2) is 59.3 Å². The highest BCUT2D eigenvalue weighted by atomic mass is 19.1. The largest absolute Gasteiger partial charge is 0.492 e. The molecular weight excluding hydrogens is 371 g/mol. The van der Waals surface area contributed by atoms with Gasteiger partial charge in [-0.15, -0.1) is 0 Å². The van der Waals surface area contributed by atoms with Crippen LogP contribution in [0.5, 0.6) is 5.75 Å². The number of nitrogens with zero attached hydrogens (tertiary/aromatic N) is 4. The molecular formula is C22H25FN4O2. The zero-order valence-electron chi connectivity index (χ0n) is 16.5. The van der Waals surface area contributed by atoms with Gasteiger partial charge in [-0.3, -0.25) is 9.80 Å². The zero-order valence-corrected chi connectivity index (χ0v) is 16.5. The van der Waals surface area contributed by atoms with Crippen LogP contribution in [0.3, 0.4) is 0 Å². The van der Waals surface area contributed by atoms with E-state index in [-0.39, 0.29) is 11.9 Å². The summed E-state index contributed by atoms with van der Waals surface area (Å²) in [6.07, 6.45) is 0. The van der Waals surface area contributed by atoms with Crippen molar-refractivity contribution in [2.45, 2.75) is 13.0 Å². The van der Waals surface area contributed by atoms with Crippen LogP contribution in [0.2, 0.25) is 0 Å². The van der Waals surface area contributed by atoms with Gasteiger partial charge in [0.2, 0.25) is 11.7 Å². The minimum atomic E-state index is -0.276. The summed E-state index contributed by atoms with van der Waals surface area (Å²) in [6.45, 7) is 7.19. The average molecular weight is 396 g/mol. The molecule has 1 atom stereocenters. The van der Waals surface area contributed by atoms with Gasteiger partial charge in [0.1, 0.15) is 18.2 Å². The van der Waals surface area contributed by atoms with Crippen LogP contribution >= 0.6 is 0 Å². The highest BCUT2D eigenvalue weighted by Gasteiger charge is 2.25. The average Bonchev–Trinajstić information content (AvgIpc) is 3.25. The minimum absolute atomic E-state index is 0.0747. The Morgan fingerprint density at radius 1 is 1.07 bits per heavy atom. The zero-order chi connectivity index (χ0) is 20.1. The molecule has 1 saturated heterocycles. The second-order valence-electron chi connectivity index (χ2n) is 7.18. The van der Waals surface area contributed by atoms with Crippen LogP contribution in [0.1, 0.15) is 18.9 Å². The van der Waals surface area contributed by atoms with Gasteiger partial charge in [0.25, 0.3) is 0 Å². The number of hydrogen-bond acceptors (Lipinski definition) is 6. The molecule has 0 bridgehead atoms. The maximum atomic E-state index is 13.2. The summed E-state index contributed by atoms with van der Waals surface area (Å²) in [4.78, 5) is 9.29. The van der Waals surface area contributed by atoms with Gasteiger partial charge in [-0.1, -0.05) is 41.6 Å². The van der Waals surface area contributed by atoms with Crippen molar-refractivity contribution in [1.82, 2.24) is 19.9 Å². The predicted octanol–water partition coefficient (Wildman–Crippen LogP) is 3.63. The summed E-state index contributed by atoms with van der Waals surface area (Å²) in [5, 5.41) is 4.13. The van der Waals surface area contributed by atoms with E-state index in [9.17, 15) is 4.39 Å². The van der Waals surface area contributed by atoms with Gasteiger partial charge in [-0.2, -0.15) is 4.98 Å². The summed E-state index contributed by atoms with van der Waals surface area (Å²) >= 11 is 0. The van der Waals surface area contributed by atoms with Crippen LogP contribution in [0.15, 0.2) is 59.1 Å². The van der Waals surface area contributed by atoms with E-state index in [1.54, 1.807) is 12.1 Å². The topological polar surface area (TPSA) is 54.6 Å². The lowest BCUT2D eigenvalue weighted by Gasteiger charge is -2.36. The van der Waals surface area contributed by atoms with E-state index in [1.807, 2.05) is 30.3 Å². The SMILES string of the molecule is CC(c1nc(-c2ccccc2)no1)N1CCN(CCOc2cccc(F)c2)CC1. The Kier molecular flexibility index (Phi) is 6.17. The third-order valence-electron chi connectivity index (χ3n) is 5.26. The Morgan fingerprint density at radius 2 is 1.86 bits per heavy atom. The number of rotatable bonds is 7. The molecule has 0 amide bonds. The molecule has 0 aliphatic carbocycles. The minimum Gasteiger partial charge on any atom is -0.492 e. The second kappa shape index (κ2) is 9.15. The van der Waals surface area contributed by atoms with Gasteiger partial charge < -0.3 is 9.26 Å². The molecule has 0 radical (unpaired) electrons. The maximum Gasteiger partial charge on any atom is 0.244 e. The summed E-state index contributed by atoms with van der Waals surface area (Å²) in [7, 11) is 0. The van der Waals surface area contributed by atoms with E-state index in [2.05, 4.69) is 26.9 Å². The Morgan fingerprint density at radius 3 is 2.62 bits per heavy atom. The van der Waals surface area contributed by atoms with E-state index in [0.717, 1.165) is 38.3 Å². The van der Waals surface area contributed by atoms with Gasteiger partial charge in [-0.25, -0.2) is 4.39 Å². The lowest BCUT2D eigenvalue weighted by atomic mass is 10.2. The molecule has 2 heterocycles. The standard InChI is InChI=1S/C22H25FN4O2/c1-17(22-24-21(25-29-22)18-6-3-2-4-7-18)27-12-10-26(11-13-27)14-15-28-20-9-5-8-19(23)16-20/h2-9,16-17H,10-15H2,1H3. The smallest absolute Gasteiger partial charge is 0.244 e. The molecule has 7 heteroatoms. The molecule has 4 rings (SSSR count). The Labute approximate surface area is 169 Å². The molecule has 1 aliphatic rings. The van der Waals surface area contributed by atoms with E-state index in [4.69, 9.17) is 9.26 Å². The molecule has 2 aromatic carbocycles. The van der Waals surface area contributed by atoms with Crippen LogP contribution in [0, 0.1) is 5.82 Å². The van der Waals surface area contributed by atoms with E-state index in [1.165, 1.54) is 12.1 Å². The van der Waals surface area contributed by atoms with Crippen LogP contribution in [0.25, 0.3) is 11.4 Å². The van der Waals surface area contributed by atoms with Gasteiger partial charge >= 0.3 is 0 Å². The van der Waals surface area contributed by atoms with E-state index < -0.39 is 0 Å². The summed E-state index contributed by atoms with van der Waals surface area (Å²) in [6, 6.07) is 16.2. The molecule has 0 saturated carbocycles. The molecule has 1 aromatic heterocycles. The summed E-state index contributed by atoms with van der Waals surface area (Å²) in [5.41, 5.74) is 0.956. The van der Waals surface area contributed by atoms with Gasteiger partial charge in [0, 0.05) is 44.4 Å². The van der Waals surface area contributed by atoms with Crippen molar-refractivity contribution in [3.05, 3.63) is 66.3 Å². The number of hydrogen-bond donors (Lipinski definition) is 0. The predicted molar refractivity (Wildman–Crippen MR) is 108 cm³/mol. The number of benzene rings is 2. The van der Waals surface area contributed by atoms with Crippen molar-refractivity contribution in [3.63, 3.8) is 0 Å². The third-order valence-corrected chi connectivity index (χ3v) is 5.26. The van der Waals surface area contributed by atoms with Gasteiger partial charge in [0.05, 0.1) is 6.04 Å². The Bertz CT molecular complexity index is 910. The summed E-state index contributed by atoms with van der Waals surface area (Å²) in [5.74, 6) is 1.57. The molecule has 1 unspecified atom stereocenters. The van der Waals surface area contributed by atoms with Gasteiger partial charge in [-0.05, 0) is 19.1 Å². The molecule has 29 heavy (non-hydrogen) atoms. The quantitative estimate of drug-likeness (QED) is 0.608. The fourth-order valence-corrected chi connectivity index (χ4v) is 3.49. The van der Waals surface area contributed by atoms with Gasteiger partial charge in [0.15, 0.2) is 0 Å². The highest BCUT2D eigenvalue weighted by Crippen LogP contribution is 2.23. The van der Waals surface area contributed by atoms with Crippen molar-refractivity contribution in [2.24, 2.45) is 0 Å². The molecule has 1 fully saturated rings. The first-order chi connectivity index (χ1) is 14.2. The first-order valence-corrected chi connectivity index (χ1v) is 9.93. The number of halogens is 1. The lowest BCUT2D eigenvalue weighted by molar-refractivity contribution is 0.0800. The third kappa shape index (κ3) is 4.99. The molecule has 3 aromatic rings. The Balaban J connectivity index is 1.24. The van der Waals surface area contributed by atoms with Crippen LogP contribution < -0.4 is 4.74 Å². The Hall–Kier alpha value is -2.77. The van der Waals surface area contributed by atoms with E-state index >= 15 is 0 Å². The number of piperazine rings is 1. The van der Waals surface area contributed by atoms with Crippen molar-refractivity contribution in [2.75, 3.05) is 39.3 Å². The fraction of sp³-hybridized carbons (Fsp3) is 0.364. The van der Waals surface area contributed by atoms with Crippen molar-refractivity contribution in [3.8, 4) is 17.1 Å². The van der Waals surface area contributed by atoms with Crippen molar-refractivity contribution < 1.29 is 13.7 Å². The molecule has 0 spiro atoms. The number of ether oxygens (including phenoxy) is 1. The van der Waals surface area contributed by atoms with Crippen LogP contribution in [-0.2, 0) is 0 Å². The lowest BCUT2D eigenvalue weighted by Crippen LogP contribution is -2.48. The maximum absolute atomic E-state index is 13.2. The highest BCUT2D eigenvalue weighted by molar-refractivity contribution is 5.53. The second-order valence-corrected chi connectivity index (χ2v) is 7.18. The normalized spacial score (nSPS) is 16.6. The molecule has 1 aliphatic heterocycles. The van der Waals surface area contributed by atoms with Crippen molar-refractivity contribution >= 4 is 0 Å². The van der Waals surface area contributed by atoms with Crippen LogP contribution in [0.4, 0.5) is 4.39 Å². The first kappa shape index (κ1) is 19.5. The summed E-state index contributed by atoms with van der Waals surface area (Å²) < 4.78 is 24.4. The fourth-order valence-electron chi connectivity index (χ4n) is 3.49. The molecule has 152 valence electrons. The molecule has 0 N–H and O–H groups in total. The van der Waals surface area contributed by atoms with Crippen molar-refractivity contribution in [1.29, 1.82) is 0 Å². The molecule has 6 nitrogen and oxygen atoms in total. The van der Waals surface area contributed by atoms with E-state index in [0.29, 0.717) is 24.1 Å². The number of aromatic nitrogens is 2. The first-order valence-electron chi connectivity index (χ1n) is 9.93. The monoisotopic (exact) mass is 396 g/mol.